The van der Waals surface area contributed by atoms with Crippen molar-refractivity contribution < 1.29 is 26.7 Å². The van der Waals surface area contributed by atoms with Crippen molar-refractivity contribution in [3.8, 4) is 11.5 Å². The molecule has 1 N–H and O–H groups in total. The second-order valence-corrected chi connectivity index (χ2v) is 8.63. The van der Waals surface area contributed by atoms with Gasteiger partial charge in [0, 0.05) is 0 Å². The van der Waals surface area contributed by atoms with E-state index in [-0.39, 0.29) is 27.1 Å². The lowest BCUT2D eigenvalue weighted by Gasteiger charge is -2.11. The Labute approximate surface area is 183 Å². The lowest BCUT2D eigenvalue weighted by Crippen LogP contribution is -2.06. The van der Waals surface area contributed by atoms with Crippen molar-refractivity contribution >= 4 is 31.9 Å². The Kier molecular flexibility index (Phi) is 5.91. The van der Waals surface area contributed by atoms with Gasteiger partial charge in [-0.3, -0.25) is 0 Å². The van der Waals surface area contributed by atoms with Crippen LogP contribution in [0.1, 0.15) is 11.4 Å². The van der Waals surface area contributed by atoms with Gasteiger partial charge in [-0.05, 0) is 48.0 Å². The van der Waals surface area contributed by atoms with Crippen LogP contribution in [0.3, 0.4) is 0 Å². The fourth-order valence-electron chi connectivity index (χ4n) is 3.19. The van der Waals surface area contributed by atoms with E-state index in [1.807, 2.05) is 6.07 Å². The Morgan fingerprint density at radius 3 is 2.41 bits per heavy atom. The maximum absolute atomic E-state index is 13.5. The maximum Gasteiger partial charge on any atom is 0.387 e. The summed E-state index contributed by atoms with van der Waals surface area (Å²) >= 11 is 0. The van der Waals surface area contributed by atoms with Crippen LogP contribution in [0.15, 0.2) is 77.7 Å². The number of rotatable bonds is 7. The number of benzene rings is 3. The molecule has 0 radical (unpaired) electrons. The van der Waals surface area contributed by atoms with Crippen molar-refractivity contribution in [1.82, 2.24) is 9.97 Å². The largest absolute Gasteiger partial charge is 0.493 e. The fraction of sp³-hybridized carbons (Fsp3) is 0.0870. The highest BCUT2D eigenvalue weighted by molar-refractivity contribution is 8.00. The Morgan fingerprint density at radius 2 is 1.72 bits per heavy atom. The number of para-hydroxylation sites is 2. The topological polar surface area (TPSA) is 81.3 Å². The predicted molar refractivity (Wildman–Crippen MR) is 117 cm³/mol. The van der Waals surface area contributed by atoms with E-state index >= 15 is 0 Å². The summed E-state index contributed by atoms with van der Waals surface area (Å²) in [4.78, 5) is 7.50. The summed E-state index contributed by atoms with van der Waals surface area (Å²) in [6, 6.07) is 19.3. The molecule has 0 saturated carbocycles. The number of aromatic amines is 1. The molecule has 1 heterocycles. The summed E-state index contributed by atoms with van der Waals surface area (Å²) in [5.41, 5.74) is 1.68. The molecule has 0 aliphatic rings. The third-order valence-electron chi connectivity index (χ3n) is 4.67. The highest BCUT2D eigenvalue weighted by atomic mass is 32.2. The van der Waals surface area contributed by atoms with Gasteiger partial charge in [0.1, 0.15) is 10.7 Å². The first kappa shape index (κ1) is 21.5. The van der Waals surface area contributed by atoms with E-state index in [1.54, 1.807) is 36.4 Å². The van der Waals surface area contributed by atoms with Gasteiger partial charge in [0.2, 0.25) is 9.84 Å². The number of hydrogen-bond donors (Lipinski definition) is 1. The molecule has 0 bridgehead atoms. The Bertz CT molecular complexity index is 1350. The first-order chi connectivity index (χ1) is 15.4. The third kappa shape index (κ3) is 4.33. The molecule has 0 atom stereocenters. The van der Waals surface area contributed by atoms with Gasteiger partial charge < -0.3 is 14.5 Å². The van der Waals surface area contributed by atoms with Crippen LogP contribution in [0, 0.1) is 0 Å². The molecule has 4 rings (SSSR count). The first-order valence-corrected chi connectivity index (χ1v) is 11.0. The molecule has 4 aromatic rings. The zero-order valence-corrected chi connectivity index (χ0v) is 17.6. The molecule has 3 aromatic carbocycles. The minimum atomic E-state index is -3.97. The van der Waals surface area contributed by atoms with Crippen molar-refractivity contribution in [1.29, 1.82) is 0 Å². The van der Waals surface area contributed by atoms with Gasteiger partial charge >= 0.3 is 6.61 Å². The first-order valence-electron chi connectivity index (χ1n) is 9.48. The smallest absolute Gasteiger partial charge is 0.387 e. The lowest BCUT2D eigenvalue weighted by atomic mass is 10.2. The molecule has 0 saturated heterocycles. The van der Waals surface area contributed by atoms with Crippen LogP contribution in [0.25, 0.3) is 22.0 Å². The van der Waals surface area contributed by atoms with Crippen LogP contribution in [-0.2, 0) is 9.84 Å². The lowest BCUT2D eigenvalue weighted by molar-refractivity contribution is -0.0512. The van der Waals surface area contributed by atoms with Crippen LogP contribution >= 0.6 is 0 Å². The number of alkyl halides is 2. The van der Waals surface area contributed by atoms with E-state index < -0.39 is 16.4 Å². The van der Waals surface area contributed by atoms with Gasteiger partial charge in [-0.1, -0.05) is 36.4 Å². The van der Waals surface area contributed by atoms with Crippen LogP contribution in [-0.4, -0.2) is 32.1 Å². The van der Waals surface area contributed by atoms with Gasteiger partial charge in [0.05, 0.1) is 23.0 Å². The van der Waals surface area contributed by atoms with Crippen LogP contribution < -0.4 is 9.47 Å². The summed E-state index contributed by atoms with van der Waals surface area (Å²) in [5, 5.41) is 0. The highest BCUT2D eigenvalue weighted by Crippen LogP contribution is 2.33. The van der Waals surface area contributed by atoms with E-state index in [9.17, 15) is 17.2 Å². The van der Waals surface area contributed by atoms with Crippen molar-refractivity contribution in [2.75, 3.05) is 7.11 Å². The molecule has 32 heavy (non-hydrogen) atoms. The van der Waals surface area contributed by atoms with Gasteiger partial charge in [0.15, 0.2) is 11.5 Å². The number of methoxy groups -OCH3 is 1. The molecule has 0 unspecified atom stereocenters. The maximum atomic E-state index is 13.5. The number of H-pyrrole nitrogens is 1. The Hall–Kier alpha value is -3.72. The average Bonchev–Trinajstić information content (AvgIpc) is 3.22. The Morgan fingerprint density at radius 1 is 1.00 bits per heavy atom. The van der Waals surface area contributed by atoms with Gasteiger partial charge in [-0.2, -0.15) is 8.78 Å². The van der Waals surface area contributed by atoms with E-state index in [4.69, 9.17) is 4.74 Å². The minimum Gasteiger partial charge on any atom is -0.493 e. The highest BCUT2D eigenvalue weighted by Gasteiger charge is 2.25. The second-order valence-electron chi connectivity index (χ2n) is 6.72. The van der Waals surface area contributed by atoms with Crippen molar-refractivity contribution in [3.05, 3.63) is 84.2 Å². The molecule has 0 spiro atoms. The molecule has 6 nitrogen and oxygen atoms in total. The molecule has 1 aromatic heterocycles. The quantitative estimate of drug-likeness (QED) is 0.416. The number of imidazole rings is 1. The molecule has 0 amide bonds. The van der Waals surface area contributed by atoms with Gasteiger partial charge in [0.25, 0.3) is 0 Å². The van der Waals surface area contributed by atoms with Crippen LogP contribution in [0.4, 0.5) is 8.78 Å². The monoisotopic (exact) mass is 456 g/mol. The van der Waals surface area contributed by atoms with E-state index in [0.717, 1.165) is 0 Å². The number of sulfone groups is 1. The van der Waals surface area contributed by atoms with E-state index in [2.05, 4.69) is 14.7 Å². The summed E-state index contributed by atoms with van der Waals surface area (Å²) in [5.74, 6) is 0.0397. The standard InChI is InChI=1S/C23H18F2N2O4S/c1-30-20-13-15(11-12-19(20)31-23(24)25)14-21(32(28,29)16-7-3-2-4-8-16)22-26-17-9-5-6-10-18(17)27-22/h2-14,23H,1H3,(H,26,27). The zero-order chi connectivity index (χ0) is 22.7. The van der Waals surface area contributed by atoms with Crippen molar-refractivity contribution in [2.45, 2.75) is 11.5 Å². The van der Waals surface area contributed by atoms with Crippen molar-refractivity contribution in [3.63, 3.8) is 0 Å². The third-order valence-corrected chi connectivity index (χ3v) is 6.45. The minimum absolute atomic E-state index is 0.0418. The SMILES string of the molecule is COc1cc(C=C(c2nc3ccccc3[nH]2)S(=O)(=O)c2ccccc2)ccc1OC(F)F. The molecular formula is C23H18F2N2O4S. The number of halogens is 2. The van der Waals surface area contributed by atoms with Crippen LogP contribution in [0.5, 0.6) is 11.5 Å². The van der Waals surface area contributed by atoms with Gasteiger partial charge in [-0.25, -0.2) is 13.4 Å². The van der Waals surface area contributed by atoms with Crippen LogP contribution in [0.2, 0.25) is 0 Å². The zero-order valence-electron chi connectivity index (χ0n) is 16.8. The summed E-state index contributed by atoms with van der Waals surface area (Å²) in [6.45, 7) is -3.02. The summed E-state index contributed by atoms with van der Waals surface area (Å²) in [6.07, 6.45) is 1.41. The van der Waals surface area contributed by atoms with Gasteiger partial charge in [-0.15, -0.1) is 0 Å². The molecule has 0 aliphatic carbocycles. The normalized spacial score (nSPS) is 12.3. The fourth-order valence-corrected chi connectivity index (χ4v) is 4.60. The number of ether oxygens (including phenoxy) is 2. The molecular weight excluding hydrogens is 438 g/mol. The average molecular weight is 456 g/mol. The molecule has 164 valence electrons. The summed E-state index contributed by atoms with van der Waals surface area (Å²) < 4.78 is 61.8. The summed E-state index contributed by atoms with van der Waals surface area (Å²) in [7, 11) is -2.67. The molecule has 9 heteroatoms. The molecule has 0 aliphatic heterocycles. The molecule has 0 fully saturated rings. The van der Waals surface area contributed by atoms with E-state index in [1.165, 1.54) is 43.5 Å². The Balaban J connectivity index is 1.89. The number of nitrogens with one attached hydrogen (secondary N) is 1. The van der Waals surface area contributed by atoms with E-state index in [0.29, 0.717) is 16.6 Å². The second kappa shape index (κ2) is 8.80. The van der Waals surface area contributed by atoms with Crippen molar-refractivity contribution in [2.24, 2.45) is 0 Å². The number of hydrogen-bond acceptors (Lipinski definition) is 5. The number of aromatic nitrogens is 2. The number of nitrogens with zero attached hydrogens (tertiary/aromatic N) is 1. The number of fused-ring (bicyclic) bond motifs is 1. The predicted octanol–water partition coefficient (Wildman–Crippen LogP) is 5.14.